The van der Waals surface area contributed by atoms with Gasteiger partial charge in [-0.1, -0.05) is 25.1 Å². The van der Waals surface area contributed by atoms with Crippen LogP contribution in [0.3, 0.4) is 0 Å². The second-order valence-electron chi connectivity index (χ2n) is 3.36. The van der Waals surface area contributed by atoms with Crippen molar-refractivity contribution < 1.29 is 0 Å². The molecule has 0 unspecified atom stereocenters. The van der Waals surface area contributed by atoms with Crippen LogP contribution in [0.1, 0.15) is 12.5 Å². The molecule has 0 aliphatic rings. The zero-order chi connectivity index (χ0) is 11.4. The third-order valence-corrected chi connectivity index (χ3v) is 2.73. The molecule has 0 atom stereocenters. The van der Waals surface area contributed by atoms with Crippen LogP contribution in [0.15, 0.2) is 41.3 Å². The third-order valence-electron chi connectivity index (χ3n) is 2.29. The van der Waals surface area contributed by atoms with Crippen LogP contribution in [0.25, 0.3) is 0 Å². The molecule has 1 heterocycles. The molecule has 82 valence electrons. The summed E-state index contributed by atoms with van der Waals surface area (Å²) in [5.41, 5.74) is 2.37. The number of nitrogens with one attached hydrogen (secondary N) is 1. The monoisotopic (exact) mass is 277 g/mol. The van der Waals surface area contributed by atoms with Crippen molar-refractivity contribution in [3.8, 4) is 0 Å². The van der Waals surface area contributed by atoms with E-state index in [1.807, 2.05) is 18.2 Å². The minimum absolute atomic E-state index is 0.777. The molecule has 1 N–H and O–H groups in total. The molecule has 4 heteroatoms. The Morgan fingerprint density at radius 3 is 2.81 bits per heavy atom. The van der Waals surface area contributed by atoms with E-state index in [1.165, 1.54) is 11.9 Å². The second-order valence-corrected chi connectivity index (χ2v) is 4.17. The number of nitrogens with zero attached hydrogens (tertiary/aromatic N) is 2. The number of benzene rings is 1. The maximum Gasteiger partial charge on any atom is 0.134 e. The number of aromatic nitrogens is 2. The van der Waals surface area contributed by atoms with Crippen molar-refractivity contribution in [2.24, 2.45) is 0 Å². The Balaban J connectivity index is 2.26. The fourth-order valence-corrected chi connectivity index (χ4v) is 1.80. The molecule has 0 saturated heterocycles. The summed E-state index contributed by atoms with van der Waals surface area (Å²) in [5, 5.41) is 3.28. The maximum absolute atomic E-state index is 4.16. The first kappa shape index (κ1) is 11.1. The van der Waals surface area contributed by atoms with Gasteiger partial charge < -0.3 is 5.32 Å². The summed E-state index contributed by atoms with van der Waals surface area (Å²) in [5.74, 6) is 0.794. The Morgan fingerprint density at radius 2 is 2.06 bits per heavy atom. The number of hydrogen-bond donors (Lipinski definition) is 1. The van der Waals surface area contributed by atoms with Gasteiger partial charge in [-0.05, 0) is 34.0 Å². The summed E-state index contributed by atoms with van der Waals surface area (Å²) < 4.78 is 0.777. The summed E-state index contributed by atoms with van der Waals surface area (Å²) in [4.78, 5) is 8.15. The minimum Gasteiger partial charge on any atom is -0.340 e. The van der Waals surface area contributed by atoms with Crippen molar-refractivity contribution in [1.29, 1.82) is 0 Å². The van der Waals surface area contributed by atoms with Gasteiger partial charge in [-0.3, -0.25) is 0 Å². The molecule has 0 amide bonds. The van der Waals surface area contributed by atoms with Gasteiger partial charge in [0, 0.05) is 11.8 Å². The molecule has 2 rings (SSSR count). The Hall–Kier alpha value is -1.42. The van der Waals surface area contributed by atoms with Crippen LogP contribution in [0.5, 0.6) is 0 Å². The SMILES string of the molecule is CCc1ccccc1Nc1cc(Br)ncn1. The molecule has 0 aliphatic carbocycles. The van der Waals surface area contributed by atoms with Gasteiger partial charge >= 0.3 is 0 Å². The zero-order valence-electron chi connectivity index (χ0n) is 8.94. The van der Waals surface area contributed by atoms with E-state index in [0.717, 1.165) is 22.5 Å². The third kappa shape index (κ3) is 2.58. The average Bonchev–Trinajstić information content (AvgIpc) is 2.30. The first-order chi connectivity index (χ1) is 7.79. The van der Waals surface area contributed by atoms with Crippen LogP contribution >= 0.6 is 15.9 Å². The lowest BCUT2D eigenvalue weighted by atomic mass is 10.1. The van der Waals surface area contributed by atoms with Gasteiger partial charge in [0.15, 0.2) is 0 Å². The molecule has 0 radical (unpaired) electrons. The zero-order valence-corrected chi connectivity index (χ0v) is 10.5. The highest BCUT2D eigenvalue weighted by Crippen LogP contribution is 2.20. The smallest absolute Gasteiger partial charge is 0.134 e. The predicted octanol–water partition coefficient (Wildman–Crippen LogP) is 3.55. The van der Waals surface area contributed by atoms with E-state index in [-0.39, 0.29) is 0 Å². The highest BCUT2D eigenvalue weighted by Gasteiger charge is 2.01. The minimum atomic E-state index is 0.777. The quantitative estimate of drug-likeness (QED) is 0.872. The Labute approximate surface area is 103 Å². The normalized spacial score (nSPS) is 10.1. The summed E-state index contributed by atoms with van der Waals surface area (Å²) >= 11 is 3.32. The summed E-state index contributed by atoms with van der Waals surface area (Å²) in [6, 6.07) is 10.1. The molecule has 0 aliphatic heterocycles. The summed E-state index contributed by atoms with van der Waals surface area (Å²) in [6.07, 6.45) is 2.52. The van der Waals surface area contributed by atoms with Gasteiger partial charge in [0.25, 0.3) is 0 Å². The molecule has 0 saturated carbocycles. The fourth-order valence-electron chi connectivity index (χ4n) is 1.49. The van der Waals surface area contributed by atoms with Gasteiger partial charge in [0.05, 0.1) is 0 Å². The Kier molecular flexibility index (Phi) is 3.51. The highest BCUT2D eigenvalue weighted by molar-refractivity contribution is 9.10. The van der Waals surface area contributed by atoms with E-state index in [0.29, 0.717) is 0 Å². The molecular weight excluding hydrogens is 266 g/mol. The molecule has 0 bridgehead atoms. The predicted molar refractivity (Wildman–Crippen MR) is 68.8 cm³/mol. The van der Waals surface area contributed by atoms with Gasteiger partial charge in [-0.15, -0.1) is 0 Å². The van der Waals surface area contributed by atoms with E-state index >= 15 is 0 Å². The molecule has 0 spiro atoms. The van der Waals surface area contributed by atoms with Crippen molar-refractivity contribution in [3.05, 3.63) is 46.8 Å². The lowest BCUT2D eigenvalue weighted by Crippen LogP contribution is -1.97. The maximum atomic E-state index is 4.16. The fraction of sp³-hybridized carbons (Fsp3) is 0.167. The molecule has 3 nitrogen and oxygen atoms in total. The lowest BCUT2D eigenvalue weighted by molar-refractivity contribution is 1.12. The van der Waals surface area contributed by atoms with E-state index in [9.17, 15) is 0 Å². The molecule has 16 heavy (non-hydrogen) atoms. The second kappa shape index (κ2) is 5.07. The molecule has 2 aromatic rings. The van der Waals surface area contributed by atoms with Crippen molar-refractivity contribution in [3.63, 3.8) is 0 Å². The van der Waals surface area contributed by atoms with E-state index in [4.69, 9.17) is 0 Å². The highest BCUT2D eigenvalue weighted by atomic mass is 79.9. The van der Waals surface area contributed by atoms with Crippen molar-refractivity contribution in [2.75, 3.05) is 5.32 Å². The molecule has 1 aromatic carbocycles. The summed E-state index contributed by atoms with van der Waals surface area (Å²) in [6.45, 7) is 2.14. The Morgan fingerprint density at radius 1 is 1.25 bits per heavy atom. The van der Waals surface area contributed by atoms with Crippen LogP contribution in [-0.2, 0) is 6.42 Å². The van der Waals surface area contributed by atoms with E-state index in [1.54, 1.807) is 0 Å². The number of aryl methyl sites for hydroxylation is 1. The van der Waals surface area contributed by atoms with Crippen LogP contribution in [0, 0.1) is 0 Å². The number of anilines is 2. The van der Waals surface area contributed by atoms with Gasteiger partial charge in [0.1, 0.15) is 16.7 Å². The van der Waals surface area contributed by atoms with E-state index < -0.39 is 0 Å². The molecule has 0 fully saturated rings. The largest absolute Gasteiger partial charge is 0.340 e. The average molecular weight is 278 g/mol. The Bertz CT molecular complexity index is 485. The first-order valence-electron chi connectivity index (χ1n) is 5.12. The molecule has 1 aromatic heterocycles. The first-order valence-corrected chi connectivity index (χ1v) is 5.91. The van der Waals surface area contributed by atoms with Crippen molar-refractivity contribution >= 4 is 27.4 Å². The van der Waals surface area contributed by atoms with Crippen molar-refractivity contribution in [2.45, 2.75) is 13.3 Å². The van der Waals surface area contributed by atoms with Gasteiger partial charge in [-0.2, -0.15) is 0 Å². The van der Waals surface area contributed by atoms with Crippen LogP contribution in [0.2, 0.25) is 0 Å². The van der Waals surface area contributed by atoms with Crippen molar-refractivity contribution in [1.82, 2.24) is 9.97 Å². The number of halogens is 1. The van der Waals surface area contributed by atoms with Crippen LogP contribution in [-0.4, -0.2) is 9.97 Å². The number of rotatable bonds is 3. The molecular formula is C12H12BrN3. The summed E-state index contributed by atoms with van der Waals surface area (Å²) in [7, 11) is 0. The number of para-hydroxylation sites is 1. The van der Waals surface area contributed by atoms with Crippen LogP contribution < -0.4 is 5.32 Å². The van der Waals surface area contributed by atoms with E-state index in [2.05, 4.69) is 50.3 Å². The standard InChI is InChI=1S/C12H12BrN3/c1-2-9-5-3-4-6-10(9)16-12-7-11(13)14-8-15-12/h3-8H,2H2,1H3,(H,14,15,16). The topological polar surface area (TPSA) is 37.8 Å². The number of hydrogen-bond acceptors (Lipinski definition) is 3. The van der Waals surface area contributed by atoms with Gasteiger partial charge in [0.2, 0.25) is 0 Å². The van der Waals surface area contributed by atoms with Crippen LogP contribution in [0.4, 0.5) is 11.5 Å². The lowest BCUT2D eigenvalue weighted by Gasteiger charge is -2.09. The van der Waals surface area contributed by atoms with Gasteiger partial charge in [-0.25, -0.2) is 9.97 Å².